The first kappa shape index (κ1) is 14.9. The number of aromatic nitrogens is 2. The topological polar surface area (TPSA) is 53.1 Å². The van der Waals surface area contributed by atoms with E-state index in [1.54, 1.807) is 18.9 Å². The van der Waals surface area contributed by atoms with Crippen LogP contribution in [0.1, 0.15) is 23.4 Å². The van der Waals surface area contributed by atoms with Crippen molar-refractivity contribution in [1.29, 1.82) is 0 Å². The van der Waals surface area contributed by atoms with Crippen LogP contribution in [0.5, 0.6) is 5.75 Å². The molecule has 5 heteroatoms. The number of hydrogen-bond donors (Lipinski definition) is 1. The number of methoxy groups -OCH3 is 1. The maximum atomic E-state index is 6.16. The fourth-order valence-electron chi connectivity index (χ4n) is 2.10. The van der Waals surface area contributed by atoms with Gasteiger partial charge in [0.2, 0.25) is 0 Å². The molecule has 1 aromatic heterocycles. The summed E-state index contributed by atoms with van der Waals surface area (Å²) in [5.74, 6) is 0.860. The molecule has 2 aromatic rings. The first-order valence-electron chi connectivity index (χ1n) is 6.58. The zero-order valence-electron chi connectivity index (χ0n) is 12.3. The van der Waals surface area contributed by atoms with Gasteiger partial charge in [0.25, 0.3) is 0 Å². The molecule has 0 saturated carbocycles. The van der Waals surface area contributed by atoms with Crippen molar-refractivity contribution in [3.8, 4) is 5.75 Å². The van der Waals surface area contributed by atoms with E-state index in [9.17, 15) is 0 Å². The van der Waals surface area contributed by atoms with Crippen LogP contribution in [-0.2, 0) is 7.05 Å². The number of nitrogens with zero attached hydrogens (tertiary/aromatic N) is 2. The minimum atomic E-state index is 0.0450. The van der Waals surface area contributed by atoms with E-state index >= 15 is 0 Å². The maximum Gasteiger partial charge on any atom is 0.118 e. The molecule has 0 radical (unpaired) electrons. The van der Waals surface area contributed by atoms with Crippen molar-refractivity contribution in [1.82, 2.24) is 9.78 Å². The van der Waals surface area contributed by atoms with E-state index in [-0.39, 0.29) is 11.3 Å². The van der Waals surface area contributed by atoms with Crippen molar-refractivity contribution < 1.29 is 4.74 Å². The molecule has 0 spiro atoms. The number of ether oxygens (including phenoxy) is 1. The lowest BCUT2D eigenvalue weighted by molar-refractivity contribution is 0.414. The number of nitrogens with two attached hydrogens (primary N) is 1. The lowest BCUT2D eigenvalue weighted by Gasteiger charge is -2.21. The molecular weight excluding hydrogens is 270 g/mol. The minimum absolute atomic E-state index is 0.0450. The molecule has 0 saturated heterocycles. The van der Waals surface area contributed by atoms with Gasteiger partial charge in [0.05, 0.1) is 23.1 Å². The Morgan fingerprint density at radius 2 is 1.95 bits per heavy atom. The second kappa shape index (κ2) is 6.33. The number of rotatable bonds is 5. The summed E-state index contributed by atoms with van der Waals surface area (Å²) in [5, 5.41) is 5.70. The van der Waals surface area contributed by atoms with Crippen LogP contribution in [0.2, 0.25) is 0 Å². The molecule has 1 aromatic carbocycles. The average molecular weight is 291 g/mol. The van der Waals surface area contributed by atoms with Gasteiger partial charge in [-0.15, -0.1) is 0 Å². The van der Waals surface area contributed by atoms with E-state index in [2.05, 4.69) is 23.3 Å². The van der Waals surface area contributed by atoms with E-state index in [1.807, 2.05) is 37.7 Å². The molecule has 20 heavy (non-hydrogen) atoms. The van der Waals surface area contributed by atoms with E-state index in [0.717, 1.165) is 16.5 Å². The highest BCUT2D eigenvalue weighted by Crippen LogP contribution is 2.37. The molecule has 0 aliphatic rings. The Kier molecular flexibility index (Phi) is 4.73. The summed E-state index contributed by atoms with van der Waals surface area (Å²) in [6, 6.07) is 10.2. The van der Waals surface area contributed by atoms with Gasteiger partial charge in [-0.2, -0.15) is 5.10 Å². The van der Waals surface area contributed by atoms with Gasteiger partial charge in [-0.25, -0.2) is 0 Å². The molecule has 0 amide bonds. The van der Waals surface area contributed by atoms with Crippen LogP contribution in [0.3, 0.4) is 0 Å². The molecular formula is C15H21N3OS. The molecule has 0 bridgehead atoms. The van der Waals surface area contributed by atoms with Crippen molar-refractivity contribution in [3.63, 3.8) is 0 Å². The van der Waals surface area contributed by atoms with Crippen LogP contribution in [0, 0.1) is 6.92 Å². The zero-order valence-corrected chi connectivity index (χ0v) is 13.1. The Labute approximate surface area is 124 Å². The Hall–Kier alpha value is -1.46. The van der Waals surface area contributed by atoms with Crippen LogP contribution in [0.4, 0.5) is 0 Å². The van der Waals surface area contributed by atoms with Crippen LogP contribution in [-0.4, -0.2) is 22.9 Å². The predicted octanol–water partition coefficient (Wildman–Crippen LogP) is 2.92. The van der Waals surface area contributed by atoms with Crippen LogP contribution in [0.15, 0.2) is 35.4 Å². The highest BCUT2D eigenvalue weighted by Gasteiger charge is 2.19. The smallest absolute Gasteiger partial charge is 0.118 e. The molecule has 0 aliphatic carbocycles. The van der Waals surface area contributed by atoms with Gasteiger partial charge in [0.1, 0.15) is 5.75 Å². The van der Waals surface area contributed by atoms with E-state index in [1.165, 1.54) is 5.56 Å². The van der Waals surface area contributed by atoms with E-state index in [4.69, 9.17) is 10.5 Å². The number of thioether (sulfide) groups is 1. The molecule has 108 valence electrons. The predicted molar refractivity (Wildman–Crippen MR) is 83.2 cm³/mol. The standard InChI is InChI=1S/C15H21N3OS/c1-10-9-14(18(3)17-10)20-15(11(2)16)12-5-7-13(19-4)8-6-12/h5-9,11,15H,16H2,1-4H3. The highest BCUT2D eigenvalue weighted by atomic mass is 32.2. The van der Waals surface area contributed by atoms with Gasteiger partial charge >= 0.3 is 0 Å². The van der Waals surface area contributed by atoms with Crippen molar-refractivity contribution >= 4 is 11.8 Å². The van der Waals surface area contributed by atoms with Crippen LogP contribution >= 0.6 is 11.8 Å². The van der Waals surface area contributed by atoms with Gasteiger partial charge in [0.15, 0.2) is 0 Å². The second-order valence-corrected chi connectivity index (χ2v) is 6.08. The lowest BCUT2D eigenvalue weighted by Crippen LogP contribution is -2.22. The molecule has 1 heterocycles. The Bertz CT molecular complexity index is 563. The molecule has 0 fully saturated rings. The van der Waals surface area contributed by atoms with Crippen molar-refractivity contribution in [2.24, 2.45) is 12.8 Å². The number of hydrogen-bond acceptors (Lipinski definition) is 4. The summed E-state index contributed by atoms with van der Waals surface area (Å²) in [6.45, 7) is 4.03. The molecule has 2 rings (SSSR count). The fourth-order valence-corrected chi connectivity index (χ4v) is 3.30. The van der Waals surface area contributed by atoms with Crippen LogP contribution in [0.25, 0.3) is 0 Å². The number of benzene rings is 1. The molecule has 0 aliphatic heterocycles. The molecule has 4 nitrogen and oxygen atoms in total. The summed E-state index contributed by atoms with van der Waals surface area (Å²) < 4.78 is 7.10. The zero-order chi connectivity index (χ0) is 14.7. The quantitative estimate of drug-likeness (QED) is 0.861. The van der Waals surface area contributed by atoms with Crippen molar-refractivity contribution in [2.45, 2.75) is 30.2 Å². The Morgan fingerprint density at radius 3 is 2.40 bits per heavy atom. The van der Waals surface area contributed by atoms with Crippen molar-refractivity contribution in [2.75, 3.05) is 7.11 Å². The second-order valence-electron chi connectivity index (χ2n) is 4.92. The van der Waals surface area contributed by atoms with Crippen molar-refractivity contribution in [3.05, 3.63) is 41.6 Å². The summed E-state index contributed by atoms with van der Waals surface area (Å²) >= 11 is 1.75. The summed E-state index contributed by atoms with van der Waals surface area (Å²) in [7, 11) is 3.63. The molecule has 2 atom stereocenters. The Morgan fingerprint density at radius 1 is 1.30 bits per heavy atom. The summed E-state index contributed by atoms with van der Waals surface area (Å²) in [5.41, 5.74) is 8.38. The monoisotopic (exact) mass is 291 g/mol. The van der Waals surface area contributed by atoms with Gasteiger partial charge in [-0.05, 0) is 37.6 Å². The third-order valence-electron chi connectivity index (χ3n) is 3.13. The van der Waals surface area contributed by atoms with Gasteiger partial charge in [-0.3, -0.25) is 4.68 Å². The van der Waals surface area contributed by atoms with Gasteiger partial charge < -0.3 is 10.5 Å². The van der Waals surface area contributed by atoms with E-state index < -0.39 is 0 Å². The van der Waals surface area contributed by atoms with Gasteiger partial charge in [0, 0.05) is 13.1 Å². The summed E-state index contributed by atoms with van der Waals surface area (Å²) in [4.78, 5) is 0. The normalized spacial score (nSPS) is 14.1. The largest absolute Gasteiger partial charge is 0.497 e. The first-order valence-corrected chi connectivity index (χ1v) is 7.46. The first-order chi connectivity index (χ1) is 9.51. The van der Waals surface area contributed by atoms with Crippen LogP contribution < -0.4 is 10.5 Å². The average Bonchev–Trinajstić information content (AvgIpc) is 2.74. The summed E-state index contributed by atoms with van der Waals surface area (Å²) in [6.07, 6.45) is 0. The SMILES string of the molecule is COc1ccc(C(Sc2cc(C)nn2C)C(C)N)cc1. The minimum Gasteiger partial charge on any atom is -0.497 e. The maximum absolute atomic E-state index is 6.16. The Balaban J connectivity index is 2.24. The fraction of sp³-hybridized carbons (Fsp3) is 0.400. The van der Waals surface area contributed by atoms with E-state index in [0.29, 0.717) is 0 Å². The third-order valence-corrected chi connectivity index (χ3v) is 4.71. The molecule has 2 unspecified atom stereocenters. The highest BCUT2D eigenvalue weighted by molar-refractivity contribution is 7.99. The lowest BCUT2D eigenvalue weighted by atomic mass is 10.1. The van der Waals surface area contributed by atoms with Gasteiger partial charge in [-0.1, -0.05) is 23.9 Å². The molecule has 2 N–H and O–H groups in total. The third kappa shape index (κ3) is 3.35. The number of aryl methyl sites for hydroxylation is 2.